The van der Waals surface area contributed by atoms with E-state index in [1.54, 1.807) is 0 Å². The lowest BCUT2D eigenvalue weighted by Gasteiger charge is -2.39. The highest BCUT2D eigenvalue weighted by Gasteiger charge is 2.36. The zero-order valence-electron chi connectivity index (χ0n) is 10.1. The van der Waals surface area contributed by atoms with Crippen LogP contribution in [0, 0.1) is 0 Å². The Morgan fingerprint density at radius 3 is 1.44 bits per heavy atom. The van der Waals surface area contributed by atoms with Crippen LogP contribution in [0.4, 0.5) is 0 Å². The maximum Gasteiger partial charge on any atom is 0.0585 e. The topological polar surface area (TPSA) is 156 Å². The van der Waals surface area contributed by atoms with E-state index >= 15 is 0 Å². The molecule has 0 bridgehead atoms. The second-order valence-electron chi connectivity index (χ2n) is 4.39. The van der Waals surface area contributed by atoms with E-state index in [2.05, 4.69) is 0 Å². The maximum absolute atomic E-state index is 6.21. The summed E-state index contributed by atoms with van der Waals surface area (Å²) < 4.78 is 0. The quantitative estimate of drug-likeness (QED) is 0.264. The maximum atomic E-state index is 6.21. The van der Waals surface area contributed by atoms with Crippen molar-refractivity contribution in [3.8, 4) is 0 Å². The van der Waals surface area contributed by atoms with E-state index < -0.39 is 5.54 Å². The Morgan fingerprint density at radius 1 is 0.812 bits per heavy atom. The molecule has 12 N–H and O–H groups in total. The molecule has 0 aromatic rings. The van der Waals surface area contributed by atoms with Gasteiger partial charge in [0.25, 0.3) is 0 Å². The fourth-order valence-corrected chi connectivity index (χ4v) is 1.79. The van der Waals surface area contributed by atoms with Gasteiger partial charge >= 0.3 is 0 Å². The van der Waals surface area contributed by atoms with Gasteiger partial charge in [-0.2, -0.15) is 0 Å². The van der Waals surface area contributed by atoms with Gasteiger partial charge in [-0.05, 0) is 38.8 Å². The predicted octanol–water partition coefficient (Wildman–Crippen LogP) is -2.22. The first-order valence-electron chi connectivity index (χ1n) is 5.93. The first-order chi connectivity index (χ1) is 7.52. The largest absolute Gasteiger partial charge is 0.330 e. The third-order valence-corrected chi connectivity index (χ3v) is 3.17. The van der Waals surface area contributed by atoms with Gasteiger partial charge in [-0.1, -0.05) is 0 Å². The van der Waals surface area contributed by atoms with Gasteiger partial charge in [0.1, 0.15) is 0 Å². The van der Waals surface area contributed by atoms with Crippen molar-refractivity contribution in [3.05, 3.63) is 0 Å². The molecule has 0 saturated carbocycles. The van der Waals surface area contributed by atoms with E-state index in [0.29, 0.717) is 13.1 Å². The lowest BCUT2D eigenvalue weighted by atomic mass is 9.80. The summed E-state index contributed by atoms with van der Waals surface area (Å²) in [6.45, 7) is 1.49. The van der Waals surface area contributed by atoms with Crippen molar-refractivity contribution < 1.29 is 0 Å². The molecule has 0 spiro atoms. The number of hydrogen-bond acceptors (Lipinski definition) is 6. The second kappa shape index (κ2) is 7.94. The smallest absolute Gasteiger partial charge is 0.0585 e. The summed E-state index contributed by atoms with van der Waals surface area (Å²) in [5.41, 5.74) is 34.2. The van der Waals surface area contributed by atoms with E-state index in [-0.39, 0.29) is 18.6 Å². The zero-order valence-corrected chi connectivity index (χ0v) is 10.1. The standard InChI is InChI=1S/C10H28N6/c11-5-1-3-8(14)10(16,7-13)9(15)4-2-6-12/h8-9H,1-7,11-16H2. The Labute approximate surface area is 98.1 Å². The highest BCUT2D eigenvalue weighted by atomic mass is 15.0. The van der Waals surface area contributed by atoms with E-state index in [1.165, 1.54) is 0 Å². The molecule has 0 aromatic heterocycles. The molecule has 0 rings (SSSR count). The molecule has 0 aliphatic carbocycles. The van der Waals surface area contributed by atoms with Crippen LogP contribution in [-0.4, -0.2) is 37.3 Å². The van der Waals surface area contributed by atoms with Gasteiger partial charge in [-0.15, -0.1) is 0 Å². The van der Waals surface area contributed by atoms with E-state index in [0.717, 1.165) is 25.7 Å². The van der Waals surface area contributed by atoms with Gasteiger partial charge in [0, 0.05) is 18.6 Å². The monoisotopic (exact) mass is 232 g/mol. The predicted molar refractivity (Wildman–Crippen MR) is 68.5 cm³/mol. The minimum atomic E-state index is -0.718. The Kier molecular flexibility index (Phi) is 7.82. The van der Waals surface area contributed by atoms with Crippen LogP contribution in [-0.2, 0) is 0 Å². The number of hydrogen-bond donors (Lipinski definition) is 6. The Morgan fingerprint density at radius 2 is 1.19 bits per heavy atom. The molecule has 98 valence electrons. The minimum absolute atomic E-state index is 0.214. The normalized spacial score (nSPS) is 19.1. The molecular weight excluding hydrogens is 204 g/mol. The molecule has 0 amide bonds. The van der Waals surface area contributed by atoms with Crippen LogP contribution in [0.25, 0.3) is 0 Å². The van der Waals surface area contributed by atoms with Gasteiger partial charge in [0.15, 0.2) is 0 Å². The number of rotatable bonds is 9. The zero-order chi connectivity index (χ0) is 12.6. The Hall–Kier alpha value is -0.240. The van der Waals surface area contributed by atoms with Crippen LogP contribution < -0.4 is 34.4 Å². The summed E-state index contributed by atoms with van der Waals surface area (Å²) >= 11 is 0. The third kappa shape index (κ3) is 4.32. The van der Waals surface area contributed by atoms with E-state index in [4.69, 9.17) is 34.4 Å². The molecule has 6 nitrogen and oxygen atoms in total. The van der Waals surface area contributed by atoms with Crippen molar-refractivity contribution in [1.29, 1.82) is 0 Å². The molecule has 0 fully saturated rings. The summed E-state index contributed by atoms with van der Waals surface area (Å²) in [6, 6.07) is -0.428. The van der Waals surface area contributed by atoms with Gasteiger partial charge in [0.05, 0.1) is 5.54 Å². The van der Waals surface area contributed by atoms with E-state index in [1.807, 2.05) is 0 Å². The molecule has 0 aliphatic heterocycles. The van der Waals surface area contributed by atoms with Crippen LogP contribution in [0.1, 0.15) is 25.7 Å². The van der Waals surface area contributed by atoms with Crippen LogP contribution in [0.5, 0.6) is 0 Å². The number of nitrogens with two attached hydrogens (primary N) is 6. The first kappa shape index (κ1) is 15.8. The molecule has 6 heteroatoms. The van der Waals surface area contributed by atoms with Crippen molar-refractivity contribution in [2.24, 2.45) is 34.4 Å². The molecule has 16 heavy (non-hydrogen) atoms. The summed E-state index contributed by atoms with van der Waals surface area (Å²) in [6.07, 6.45) is 3.18. The Bertz CT molecular complexity index is 161. The molecular formula is C10H28N6. The Balaban J connectivity index is 4.36. The van der Waals surface area contributed by atoms with Crippen molar-refractivity contribution in [3.63, 3.8) is 0 Å². The summed E-state index contributed by atoms with van der Waals surface area (Å²) in [7, 11) is 0. The summed E-state index contributed by atoms with van der Waals surface area (Å²) in [5.74, 6) is 0. The molecule has 0 heterocycles. The first-order valence-corrected chi connectivity index (χ1v) is 5.93. The van der Waals surface area contributed by atoms with Crippen LogP contribution in [0.2, 0.25) is 0 Å². The van der Waals surface area contributed by atoms with Crippen LogP contribution in [0.15, 0.2) is 0 Å². The van der Waals surface area contributed by atoms with Crippen molar-refractivity contribution in [2.75, 3.05) is 19.6 Å². The second-order valence-corrected chi connectivity index (χ2v) is 4.39. The summed E-state index contributed by atoms with van der Waals surface area (Å²) in [5, 5.41) is 0. The lowest BCUT2D eigenvalue weighted by Crippen LogP contribution is -2.69. The fourth-order valence-electron chi connectivity index (χ4n) is 1.79. The molecule has 2 atom stereocenters. The third-order valence-electron chi connectivity index (χ3n) is 3.17. The molecule has 2 unspecified atom stereocenters. The van der Waals surface area contributed by atoms with Crippen molar-refractivity contribution in [2.45, 2.75) is 43.3 Å². The molecule has 0 saturated heterocycles. The van der Waals surface area contributed by atoms with Crippen molar-refractivity contribution >= 4 is 0 Å². The fraction of sp³-hybridized carbons (Fsp3) is 1.00. The lowest BCUT2D eigenvalue weighted by molar-refractivity contribution is 0.265. The molecule has 0 aliphatic rings. The van der Waals surface area contributed by atoms with Crippen LogP contribution in [0.3, 0.4) is 0 Å². The van der Waals surface area contributed by atoms with Crippen molar-refractivity contribution in [1.82, 2.24) is 0 Å². The molecule has 0 aromatic carbocycles. The highest BCUT2D eigenvalue weighted by Crippen LogP contribution is 2.16. The average Bonchev–Trinajstić information content (AvgIpc) is 2.31. The molecule has 0 radical (unpaired) electrons. The SMILES string of the molecule is NCCCC(N)C(N)(CN)C(N)CCCN. The minimum Gasteiger partial charge on any atom is -0.330 e. The van der Waals surface area contributed by atoms with Crippen LogP contribution >= 0.6 is 0 Å². The van der Waals surface area contributed by atoms with E-state index in [9.17, 15) is 0 Å². The van der Waals surface area contributed by atoms with Gasteiger partial charge < -0.3 is 34.4 Å². The highest BCUT2D eigenvalue weighted by molar-refractivity contribution is 5.03. The van der Waals surface area contributed by atoms with Gasteiger partial charge in [-0.25, -0.2) is 0 Å². The average molecular weight is 232 g/mol. The summed E-state index contributed by atoms with van der Waals surface area (Å²) in [4.78, 5) is 0. The van der Waals surface area contributed by atoms with Gasteiger partial charge in [0.2, 0.25) is 0 Å². The van der Waals surface area contributed by atoms with Gasteiger partial charge in [-0.3, -0.25) is 0 Å².